The molecule has 0 unspecified atom stereocenters. The minimum Gasteiger partial charge on any atom is -0.352 e. The van der Waals surface area contributed by atoms with Crippen molar-refractivity contribution in [2.45, 2.75) is 27.2 Å². The standard InChI is InChI=1S/C21H22N2O2/c1-13-8-9-16-12-17(20(24)23-19(16)15(13)3)10-11-22-21(25)18-7-5-4-6-14(18)2/h4-9,12H,10-11H2,1-3H3,(H,22,25)(H,23,24). The number of nitrogens with one attached hydrogen (secondary N) is 2. The van der Waals surface area contributed by atoms with E-state index in [1.807, 2.05) is 51.1 Å². The molecular formula is C21H22N2O2. The summed E-state index contributed by atoms with van der Waals surface area (Å²) in [6.45, 7) is 6.37. The Labute approximate surface area is 146 Å². The Hall–Kier alpha value is -2.88. The highest BCUT2D eigenvalue weighted by molar-refractivity contribution is 5.95. The third-order valence-corrected chi connectivity index (χ3v) is 4.70. The Balaban J connectivity index is 1.75. The molecule has 0 aliphatic rings. The van der Waals surface area contributed by atoms with Gasteiger partial charge in [0.05, 0.1) is 5.52 Å². The fourth-order valence-electron chi connectivity index (χ4n) is 2.99. The van der Waals surface area contributed by atoms with Crippen molar-refractivity contribution >= 4 is 16.8 Å². The number of hydrogen-bond acceptors (Lipinski definition) is 2. The van der Waals surface area contributed by atoms with Crippen molar-refractivity contribution in [3.8, 4) is 0 Å². The molecule has 25 heavy (non-hydrogen) atoms. The van der Waals surface area contributed by atoms with Crippen LogP contribution in [-0.4, -0.2) is 17.4 Å². The number of pyridine rings is 1. The number of rotatable bonds is 4. The van der Waals surface area contributed by atoms with E-state index in [2.05, 4.69) is 16.4 Å². The highest BCUT2D eigenvalue weighted by Crippen LogP contribution is 2.18. The molecule has 1 amide bonds. The summed E-state index contributed by atoms with van der Waals surface area (Å²) in [5, 5.41) is 3.91. The number of fused-ring (bicyclic) bond motifs is 1. The van der Waals surface area contributed by atoms with Crippen LogP contribution in [0.25, 0.3) is 10.9 Å². The quantitative estimate of drug-likeness (QED) is 0.768. The Bertz CT molecular complexity index is 1000. The van der Waals surface area contributed by atoms with Gasteiger partial charge in [-0.25, -0.2) is 0 Å². The molecule has 4 heteroatoms. The van der Waals surface area contributed by atoms with Gasteiger partial charge in [-0.05, 0) is 61.4 Å². The molecule has 2 N–H and O–H groups in total. The molecular weight excluding hydrogens is 312 g/mol. The molecule has 0 bridgehead atoms. The molecule has 1 heterocycles. The smallest absolute Gasteiger partial charge is 0.251 e. The highest BCUT2D eigenvalue weighted by Gasteiger charge is 2.09. The first-order chi connectivity index (χ1) is 12.0. The third kappa shape index (κ3) is 3.48. The average molecular weight is 334 g/mol. The highest BCUT2D eigenvalue weighted by atomic mass is 16.1. The lowest BCUT2D eigenvalue weighted by molar-refractivity contribution is 0.0953. The van der Waals surface area contributed by atoms with E-state index in [0.717, 1.165) is 27.6 Å². The Kier molecular flexibility index (Phi) is 4.70. The number of benzene rings is 2. The average Bonchev–Trinajstić information content (AvgIpc) is 2.60. The lowest BCUT2D eigenvalue weighted by atomic mass is 10.0. The Morgan fingerprint density at radius 2 is 1.80 bits per heavy atom. The van der Waals surface area contributed by atoms with Crippen LogP contribution in [0, 0.1) is 20.8 Å². The molecule has 3 rings (SSSR count). The van der Waals surface area contributed by atoms with Gasteiger partial charge < -0.3 is 10.3 Å². The maximum Gasteiger partial charge on any atom is 0.251 e. The van der Waals surface area contributed by atoms with Crippen molar-refractivity contribution < 1.29 is 4.79 Å². The SMILES string of the molecule is Cc1ccccc1C(=O)NCCc1cc2ccc(C)c(C)c2[nH]c1=O. The number of carbonyl (C=O) groups excluding carboxylic acids is 1. The van der Waals surface area contributed by atoms with Crippen LogP contribution in [0.3, 0.4) is 0 Å². The van der Waals surface area contributed by atoms with Gasteiger partial charge >= 0.3 is 0 Å². The molecule has 0 atom stereocenters. The summed E-state index contributed by atoms with van der Waals surface area (Å²) in [6.07, 6.45) is 0.496. The fraction of sp³-hybridized carbons (Fsp3) is 0.238. The van der Waals surface area contributed by atoms with Crippen LogP contribution in [0.5, 0.6) is 0 Å². The van der Waals surface area contributed by atoms with Gasteiger partial charge in [-0.1, -0.05) is 30.3 Å². The van der Waals surface area contributed by atoms with Gasteiger partial charge in [0.1, 0.15) is 0 Å². The maximum absolute atomic E-state index is 12.3. The molecule has 0 aliphatic heterocycles. The molecule has 0 fully saturated rings. The number of aromatic nitrogens is 1. The van der Waals surface area contributed by atoms with Crippen LogP contribution < -0.4 is 10.9 Å². The lowest BCUT2D eigenvalue weighted by Crippen LogP contribution is -2.28. The number of carbonyl (C=O) groups is 1. The zero-order valence-corrected chi connectivity index (χ0v) is 14.8. The number of aromatic amines is 1. The van der Waals surface area contributed by atoms with E-state index < -0.39 is 0 Å². The molecule has 0 saturated carbocycles. The van der Waals surface area contributed by atoms with E-state index in [9.17, 15) is 9.59 Å². The summed E-state index contributed by atoms with van der Waals surface area (Å²) in [5.74, 6) is -0.109. The van der Waals surface area contributed by atoms with Crippen molar-refractivity contribution in [1.29, 1.82) is 0 Å². The molecule has 4 nitrogen and oxygen atoms in total. The third-order valence-electron chi connectivity index (χ3n) is 4.70. The van der Waals surface area contributed by atoms with Crippen LogP contribution >= 0.6 is 0 Å². The van der Waals surface area contributed by atoms with E-state index >= 15 is 0 Å². The van der Waals surface area contributed by atoms with Crippen molar-refractivity contribution in [3.05, 3.63) is 80.6 Å². The molecule has 0 saturated heterocycles. The number of hydrogen-bond donors (Lipinski definition) is 2. The zero-order chi connectivity index (χ0) is 18.0. The number of H-pyrrole nitrogens is 1. The second-order valence-corrected chi connectivity index (χ2v) is 6.42. The van der Waals surface area contributed by atoms with Gasteiger partial charge in [0.25, 0.3) is 11.5 Å². The van der Waals surface area contributed by atoms with Gasteiger partial charge in [0, 0.05) is 17.7 Å². The summed E-state index contributed by atoms with van der Waals surface area (Å²) in [5.41, 5.74) is 5.33. The predicted octanol–water partition coefficient (Wildman–Crippen LogP) is 3.43. The number of amides is 1. The lowest BCUT2D eigenvalue weighted by Gasteiger charge is -2.09. The largest absolute Gasteiger partial charge is 0.352 e. The first-order valence-electron chi connectivity index (χ1n) is 8.43. The number of aryl methyl sites for hydroxylation is 3. The maximum atomic E-state index is 12.3. The molecule has 0 radical (unpaired) electrons. The van der Waals surface area contributed by atoms with Crippen molar-refractivity contribution in [2.75, 3.05) is 6.54 Å². The fourth-order valence-corrected chi connectivity index (χ4v) is 2.99. The summed E-state index contributed by atoms with van der Waals surface area (Å²) < 4.78 is 0. The van der Waals surface area contributed by atoms with Crippen LogP contribution in [0.2, 0.25) is 0 Å². The van der Waals surface area contributed by atoms with Gasteiger partial charge in [-0.2, -0.15) is 0 Å². The van der Waals surface area contributed by atoms with E-state index in [-0.39, 0.29) is 11.5 Å². The van der Waals surface area contributed by atoms with Crippen molar-refractivity contribution in [1.82, 2.24) is 10.3 Å². The van der Waals surface area contributed by atoms with Gasteiger partial charge in [0.15, 0.2) is 0 Å². The first-order valence-corrected chi connectivity index (χ1v) is 8.43. The molecule has 1 aromatic heterocycles. The van der Waals surface area contributed by atoms with Gasteiger partial charge in [-0.15, -0.1) is 0 Å². The molecule has 128 valence electrons. The summed E-state index contributed by atoms with van der Waals surface area (Å²) in [6, 6.07) is 13.5. The summed E-state index contributed by atoms with van der Waals surface area (Å²) in [4.78, 5) is 27.5. The van der Waals surface area contributed by atoms with E-state index in [1.54, 1.807) is 6.07 Å². The monoisotopic (exact) mass is 334 g/mol. The van der Waals surface area contributed by atoms with E-state index in [1.165, 1.54) is 0 Å². The molecule has 3 aromatic rings. The van der Waals surface area contributed by atoms with Crippen molar-refractivity contribution in [2.24, 2.45) is 0 Å². The van der Waals surface area contributed by atoms with Crippen LogP contribution in [0.15, 0.2) is 47.3 Å². The zero-order valence-electron chi connectivity index (χ0n) is 14.8. The van der Waals surface area contributed by atoms with Gasteiger partial charge in [0.2, 0.25) is 0 Å². The molecule has 0 spiro atoms. The minimum atomic E-state index is -0.109. The van der Waals surface area contributed by atoms with Gasteiger partial charge in [-0.3, -0.25) is 9.59 Å². The van der Waals surface area contributed by atoms with Crippen LogP contribution in [0.4, 0.5) is 0 Å². The topological polar surface area (TPSA) is 62.0 Å². The van der Waals surface area contributed by atoms with E-state index in [0.29, 0.717) is 24.1 Å². The second kappa shape index (κ2) is 6.93. The molecule has 2 aromatic carbocycles. The first kappa shape index (κ1) is 17.0. The van der Waals surface area contributed by atoms with Crippen LogP contribution in [-0.2, 0) is 6.42 Å². The van der Waals surface area contributed by atoms with Crippen LogP contribution in [0.1, 0.15) is 32.6 Å². The predicted molar refractivity (Wildman–Crippen MR) is 101 cm³/mol. The minimum absolute atomic E-state index is 0.0914. The van der Waals surface area contributed by atoms with Crippen molar-refractivity contribution in [3.63, 3.8) is 0 Å². The molecule has 0 aliphatic carbocycles. The second-order valence-electron chi connectivity index (χ2n) is 6.42. The summed E-state index contributed by atoms with van der Waals surface area (Å²) >= 11 is 0. The Morgan fingerprint density at radius 1 is 1.04 bits per heavy atom. The van der Waals surface area contributed by atoms with E-state index in [4.69, 9.17) is 0 Å². The Morgan fingerprint density at radius 3 is 2.56 bits per heavy atom. The normalized spacial score (nSPS) is 10.8. The summed E-state index contributed by atoms with van der Waals surface area (Å²) in [7, 11) is 0.